The molecule has 25 heavy (non-hydrogen) atoms. The van der Waals surface area contributed by atoms with Crippen LogP contribution < -0.4 is 4.90 Å². The molecule has 1 saturated heterocycles. The molecule has 0 radical (unpaired) electrons. The van der Waals surface area contributed by atoms with Gasteiger partial charge in [-0.15, -0.1) is 0 Å². The van der Waals surface area contributed by atoms with Crippen LogP contribution in [0.1, 0.15) is 23.7 Å². The molecular weight excluding hydrogens is 323 g/mol. The number of likely N-dealkylation sites (N-methyl/N-ethyl adjacent to an activating group) is 1. The van der Waals surface area contributed by atoms with Gasteiger partial charge in [0.2, 0.25) is 5.91 Å². The highest BCUT2D eigenvalue weighted by molar-refractivity contribution is 5.94. The summed E-state index contributed by atoms with van der Waals surface area (Å²) >= 11 is 0. The zero-order valence-electron chi connectivity index (χ0n) is 14.7. The molecule has 134 valence electrons. The first-order valence-corrected chi connectivity index (χ1v) is 8.31. The van der Waals surface area contributed by atoms with E-state index in [1.807, 2.05) is 15.9 Å². The zero-order chi connectivity index (χ0) is 18.4. The maximum atomic E-state index is 14.2. The maximum Gasteiger partial charge on any atom is 0.236 e. The number of ketones is 1. The van der Waals surface area contributed by atoms with Gasteiger partial charge in [0.15, 0.2) is 5.78 Å². The van der Waals surface area contributed by atoms with Crippen molar-refractivity contribution in [3.63, 3.8) is 0 Å². The van der Waals surface area contributed by atoms with Crippen molar-refractivity contribution in [1.82, 2.24) is 9.80 Å². The molecule has 0 bridgehead atoms. The molecule has 1 heterocycles. The summed E-state index contributed by atoms with van der Waals surface area (Å²) in [6, 6.07) is 6.58. The topological polar surface area (TPSA) is 67.7 Å². The van der Waals surface area contributed by atoms with Gasteiger partial charge in [0.05, 0.1) is 24.7 Å². The highest BCUT2D eigenvalue weighted by Crippen LogP contribution is 2.22. The summed E-state index contributed by atoms with van der Waals surface area (Å²) in [6.07, 6.45) is 0.325. The molecule has 7 heteroatoms. The molecular formula is C18H23FN4O2. The van der Waals surface area contributed by atoms with Crippen LogP contribution in [0.25, 0.3) is 0 Å². The van der Waals surface area contributed by atoms with Crippen LogP contribution in [0.4, 0.5) is 10.1 Å². The lowest BCUT2D eigenvalue weighted by Crippen LogP contribution is -2.50. The molecule has 0 unspecified atom stereocenters. The summed E-state index contributed by atoms with van der Waals surface area (Å²) in [7, 11) is 1.70. The SMILES string of the molecule is CC(=O)c1ccc(N2CCN(CC(=O)N(C)CCC#N)CC2)c(F)c1. The predicted octanol–water partition coefficient (Wildman–Crippen LogP) is 1.52. The van der Waals surface area contributed by atoms with Crippen molar-refractivity contribution >= 4 is 17.4 Å². The number of benzene rings is 1. The van der Waals surface area contributed by atoms with Crippen molar-refractivity contribution in [2.75, 3.05) is 51.2 Å². The Morgan fingerprint density at radius 3 is 2.52 bits per heavy atom. The third-order valence-electron chi connectivity index (χ3n) is 4.41. The molecule has 1 aliphatic heterocycles. The Balaban J connectivity index is 1.88. The second kappa shape index (κ2) is 8.58. The number of amides is 1. The van der Waals surface area contributed by atoms with E-state index >= 15 is 0 Å². The number of carbonyl (C=O) groups is 2. The number of hydrogen-bond donors (Lipinski definition) is 0. The summed E-state index contributed by atoms with van der Waals surface area (Å²) in [4.78, 5) is 28.9. The number of nitrogens with zero attached hydrogens (tertiary/aromatic N) is 4. The number of piperazine rings is 1. The van der Waals surface area contributed by atoms with Gasteiger partial charge in [-0.05, 0) is 25.1 Å². The van der Waals surface area contributed by atoms with E-state index in [2.05, 4.69) is 0 Å². The van der Waals surface area contributed by atoms with Crippen molar-refractivity contribution in [2.24, 2.45) is 0 Å². The van der Waals surface area contributed by atoms with Crippen LogP contribution in [0.15, 0.2) is 18.2 Å². The van der Waals surface area contributed by atoms with E-state index < -0.39 is 5.82 Å². The summed E-state index contributed by atoms with van der Waals surface area (Å²) < 4.78 is 14.2. The smallest absolute Gasteiger partial charge is 0.236 e. The lowest BCUT2D eigenvalue weighted by Gasteiger charge is -2.36. The minimum absolute atomic E-state index is 0.0132. The first kappa shape index (κ1) is 18.9. The zero-order valence-corrected chi connectivity index (χ0v) is 14.7. The molecule has 2 rings (SSSR count). The summed E-state index contributed by atoms with van der Waals surface area (Å²) in [6.45, 7) is 4.71. The summed E-state index contributed by atoms with van der Waals surface area (Å²) in [5, 5.41) is 8.57. The second-order valence-electron chi connectivity index (χ2n) is 6.21. The fourth-order valence-electron chi connectivity index (χ4n) is 2.78. The number of halogens is 1. The Kier molecular flexibility index (Phi) is 6.48. The quantitative estimate of drug-likeness (QED) is 0.731. The van der Waals surface area contributed by atoms with Crippen LogP contribution in [0, 0.1) is 17.1 Å². The van der Waals surface area contributed by atoms with E-state index in [1.54, 1.807) is 24.1 Å². The van der Waals surface area contributed by atoms with Gasteiger partial charge in [0.25, 0.3) is 0 Å². The average Bonchev–Trinajstić information content (AvgIpc) is 2.60. The van der Waals surface area contributed by atoms with Gasteiger partial charge in [0, 0.05) is 45.3 Å². The molecule has 0 saturated carbocycles. The monoisotopic (exact) mass is 346 g/mol. The lowest BCUT2D eigenvalue weighted by atomic mass is 10.1. The third kappa shape index (κ3) is 5.00. The molecule has 0 aromatic heterocycles. The van der Waals surface area contributed by atoms with Crippen LogP contribution in [0.5, 0.6) is 0 Å². The Labute approximate surface area is 147 Å². The number of hydrogen-bond acceptors (Lipinski definition) is 5. The average molecular weight is 346 g/mol. The minimum Gasteiger partial charge on any atom is -0.367 e. The van der Waals surface area contributed by atoms with Crippen LogP contribution in [0.3, 0.4) is 0 Å². The molecule has 1 amide bonds. The fourth-order valence-corrected chi connectivity index (χ4v) is 2.78. The first-order chi connectivity index (χ1) is 11.9. The van der Waals surface area contributed by atoms with E-state index in [1.165, 1.54) is 13.0 Å². The van der Waals surface area contributed by atoms with E-state index in [0.717, 1.165) is 0 Å². The van der Waals surface area contributed by atoms with Crippen LogP contribution in [0.2, 0.25) is 0 Å². The fraction of sp³-hybridized carbons (Fsp3) is 0.500. The number of anilines is 1. The Bertz CT molecular complexity index is 678. The van der Waals surface area contributed by atoms with Gasteiger partial charge < -0.3 is 9.80 Å². The number of carbonyl (C=O) groups excluding carboxylic acids is 2. The predicted molar refractivity (Wildman–Crippen MR) is 92.9 cm³/mol. The summed E-state index contributed by atoms with van der Waals surface area (Å²) in [5.74, 6) is -0.566. The molecule has 0 N–H and O–H groups in total. The molecule has 1 aromatic carbocycles. The summed E-state index contributed by atoms with van der Waals surface area (Å²) in [5.41, 5.74) is 0.855. The Morgan fingerprint density at radius 2 is 1.96 bits per heavy atom. The molecule has 0 spiro atoms. The van der Waals surface area contributed by atoms with Crippen LogP contribution in [-0.4, -0.2) is 67.8 Å². The molecule has 1 aliphatic rings. The van der Waals surface area contributed by atoms with Gasteiger partial charge in [-0.25, -0.2) is 4.39 Å². The van der Waals surface area contributed by atoms with Gasteiger partial charge >= 0.3 is 0 Å². The Hall–Kier alpha value is -2.46. The normalized spacial score (nSPS) is 14.9. The van der Waals surface area contributed by atoms with Crippen molar-refractivity contribution in [3.05, 3.63) is 29.6 Å². The highest BCUT2D eigenvalue weighted by atomic mass is 19.1. The van der Waals surface area contributed by atoms with E-state index in [4.69, 9.17) is 5.26 Å². The lowest BCUT2D eigenvalue weighted by molar-refractivity contribution is -0.131. The standard InChI is InChI=1S/C18H23FN4O2/c1-14(24)15-4-5-17(16(19)12-15)23-10-8-22(9-11-23)13-18(25)21(2)7-3-6-20/h4-5,12H,3,7-11,13H2,1-2H3. The van der Waals surface area contributed by atoms with E-state index in [9.17, 15) is 14.0 Å². The Morgan fingerprint density at radius 1 is 1.28 bits per heavy atom. The van der Waals surface area contributed by atoms with Gasteiger partial charge in [-0.2, -0.15) is 5.26 Å². The van der Waals surface area contributed by atoms with Crippen molar-refractivity contribution in [3.8, 4) is 6.07 Å². The highest BCUT2D eigenvalue weighted by Gasteiger charge is 2.22. The molecule has 6 nitrogen and oxygen atoms in total. The van der Waals surface area contributed by atoms with Crippen molar-refractivity contribution in [1.29, 1.82) is 5.26 Å². The van der Waals surface area contributed by atoms with Crippen LogP contribution in [-0.2, 0) is 4.79 Å². The molecule has 0 atom stereocenters. The first-order valence-electron chi connectivity index (χ1n) is 8.31. The van der Waals surface area contributed by atoms with E-state index in [-0.39, 0.29) is 11.7 Å². The van der Waals surface area contributed by atoms with E-state index in [0.29, 0.717) is 56.9 Å². The maximum absolute atomic E-state index is 14.2. The number of nitriles is 1. The minimum atomic E-state index is -0.395. The van der Waals surface area contributed by atoms with Crippen LogP contribution >= 0.6 is 0 Å². The van der Waals surface area contributed by atoms with Gasteiger partial charge in [0.1, 0.15) is 5.82 Å². The van der Waals surface area contributed by atoms with Gasteiger partial charge in [-0.3, -0.25) is 14.5 Å². The second-order valence-corrected chi connectivity index (χ2v) is 6.21. The third-order valence-corrected chi connectivity index (χ3v) is 4.41. The molecule has 1 fully saturated rings. The van der Waals surface area contributed by atoms with Crippen molar-refractivity contribution < 1.29 is 14.0 Å². The largest absolute Gasteiger partial charge is 0.367 e. The number of Topliss-reactive ketones (excluding diaryl/α,β-unsaturated/α-hetero) is 1. The number of rotatable bonds is 6. The van der Waals surface area contributed by atoms with Gasteiger partial charge in [-0.1, -0.05) is 0 Å². The molecule has 1 aromatic rings. The van der Waals surface area contributed by atoms with Crippen molar-refractivity contribution in [2.45, 2.75) is 13.3 Å². The molecule has 0 aliphatic carbocycles.